The number of rotatable bonds is 11. The summed E-state index contributed by atoms with van der Waals surface area (Å²) in [4.78, 5) is 37.1. The number of aliphatic hydroxyl groups is 1. The zero-order chi connectivity index (χ0) is 26.4. The molecular formula is C21H34F2N3O8S-. The molecule has 0 unspecified atom stereocenters. The summed E-state index contributed by atoms with van der Waals surface area (Å²) in [5, 5.41) is 17.3. The van der Waals surface area contributed by atoms with Crippen molar-refractivity contribution in [1.82, 2.24) is 16.0 Å². The number of hydrogen-bond acceptors (Lipinski definition) is 8. The van der Waals surface area contributed by atoms with E-state index in [9.17, 15) is 41.2 Å². The third-order valence-electron chi connectivity index (χ3n) is 6.27. The first-order valence-corrected chi connectivity index (χ1v) is 13.2. The van der Waals surface area contributed by atoms with Crippen molar-refractivity contribution in [2.45, 2.75) is 82.2 Å². The summed E-state index contributed by atoms with van der Waals surface area (Å²) in [6, 6.07) is -2.77. The second-order valence-electron chi connectivity index (χ2n) is 9.74. The van der Waals surface area contributed by atoms with E-state index in [1.54, 1.807) is 13.8 Å². The molecule has 202 valence electrons. The molecule has 2 fully saturated rings. The van der Waals surface area contributed by atoms with Crippen molar-refractivity contribution in [2.24, 2.45) is 17.8 Å². The van der Waals surface area contributed by atoms with Gasteiger partial charge in [0.2, 0.25) is 17.7 Å². The van der Waals surface area contributed by atoms with Gasteiger partial charge in [0, 0.05) is 25.3 Å². The lowest BCUT2D eigenvalue weighted by molar-refractivity contribution is -0.126. The lowest BCUT2D eigenvalue weighted by atomic mass is 9.87. The van der Waals surface area contributed by atoms with E-state index < -0.39 is 51.5 Å². The number of ether oxygens (including phenoxy) is 1. The molecule has 0 bridgehead atoms. The summed E-state index contributed by atoms with van der Waals surface area (Å²) < 4.78 is 65.9. The quantitative estimate of drug-likeness (QED) is 0.286. The van der Waals surface area contributed by atoms with E-state index in [1.807, 2.05) is 0 Å². The zero-order valence-corrected chi connectivity index (χ0v) is 20.6. The standard InChI is InChI=1S/C21H35F2N3O8S/c1-12(2)9-15(26-20(30)34-11-13-3-6-21(22,23)7-4-13)18(28)25-16(19(29)35(31,32)33)10-14-5-8-24-17(14)27/h12-16,19,29H,3-11H2,1-2H3,(H,24,27)(H,25,28)(H,26,30)(H,31,32,33)/p-1/t14-,15-,16-,19-/m0/s1. The normalized spacial score (nSPS) is 23.3. The highest BCUT2D eigenvalue weighted by Gasteiger charge is 2.37. The van der Waals surface area contributed by atoms with E-state index >= 15 is 0 Å². The molecule has 1 heterocycles. The van der Waals surface area contributed by atoms with Crippen molar-refractivity contribution in [3.63, 3.8) is 0 Å². The van der Waals surface area contributed by atoms with Gasteiger partial charge in [0.15, 0.2) is 5.44 Å². The molecular weight excluding hydrogens is 492 g/mol. The van der Waals surface area contributed by atoms with Crippen LogP contribution in [0.1, 0.15) is 58.8 Å². The van der Waals surface area contributed by atoms with Crippen molar-refractivity contribution in [1.29, 1.82) is 0 Å². The Bertz CT molecular complexity index is 861. The van der Waals surface area contributed by atoms with Gasteiger partial charge < -0.3 is 30.3 Å². The fourth-order valence-corrected chi connectivity index (χ4v) is 4.84. The molecule has 3 amide bonds. The first kappa shape index (κ1) is 29.2. The van der Waals surface area contributed by atoms with E-state index in [0.29, 0.717) is 13.0 Å². The predicted molar refractivity (Wildman–Crippen MR) is 118 cm³/mol. The van der Waals surface area contributed by atoms with Crippen molar-refractivity contribution >= 4 is 28.0 Å². The number of aliphatic hydroxyl groups excluding tert-OH is 1. The Morgan fingerprint density at radius 3 is 2.37 bits per heavy atom. The lowest BCUT2D eigenvalue weighted by Crippen LogP contribution is -2.55. The molecule has 2 aliphatic rings. The maximum Gasteiger partial charge on any atom is 0.407 e. The maximum absolute atomic E-state index is 13.3. The fourth-order valence-electron chi connectivity index (χ4n) is 4.25. The molecule has 0 spiro atoms. The van der Waals surface area contributed by atoms with E-state index in [4.69, 9.17) is 4.74 Å². The Kier molecular flexibility index (Phi) is 10.2. The van der Waals surface area contributed by atoms with Gasteiger partial charge in [0.25, 0.3) is 0 Å². The molecule has 1 saturated carbocycles. The van der Waals surface area contributed by atoms with Gasteiger partial charge in [0.1, 0.15) is 16.2 Å². The lowest BCUT2D eigenvalue weighted by Gasteiger charge is -2.30. The summed E-state index contributed by atoms with van der Waals surface area (Å²) in [6.07, 6.45) is -0.948. The Morgan fingerprint density at radius 1 is 1.23 bits per heavy atom. The summed E-state index contributed by atoms with van der Waals surface area (Å²) in [6.45, 7) is 3.79. The molecule has 2 rings (SSSR count). The van der Waals surface area contributed by atoms with Crippen molar-refractivity contribution in [3.05, 3.63) is 0 Å². The summed E-state index contributed by atoms with van der Waals surface area (Å²) in [5.41, 5.74) is -2.49. The first-order valence-electron chi connectivity index (χ1n) is 11.7. The van der Waals surface area contributed by atoms with Gasteiger partial charge in [-0.05, 0) is 43.9 Å². The zero-order valence-electron chi connectivity index (χ0n) is 19.8. The summed E-state index contributed by atoms with van der Waals surface area (Å²) in [5.74, 6) is -4.99. The van der Waals surface area contributed by atoms with E-state index in [1.165, 1.54) is 0 Å². The van der Waals surface area contributed by atoms with Crippen LogP contribution >= 0.6 is 0 Å². The Morgan fingerprint density at radius 2 is 1.86 bits per heavy atom. The number of alkyl carbamates (subject to hydrolysis) is 1. The summed E-state index contributed by atoms with van der Waals surface area (Å²) >= 11 is 0. The molecule has 0 radical (unpaired) electrons. The molecule has 4 atom stereocenters. The van der Waals surface area contributed by atoms with Gasteiger partial charge in [0.05, 0.1) is 12.6 Å². The largest absolute Gasteiger partial charge is 0.746 e. The molecule has 1 aliphatic heterocycles. The van der Waals surface area contributed by atoms with Crippen molar-refractivity contribution < 1.29 is 46.0 Å². The van der Waals surface area contributed by atoms with Gasteiger partial charge in [-0.3, -0.25) is 9.59 Å². The topological polar surface area (TPSA) is 174 Å². The molecule has 1 aliphatic carbocycles. The minimum absolute atomic E-state index is 0.0928. The van der Waals surface area contributed by atoms with Crippen LogP contribution in [-0.4, -0.2) is 72.6 Å². The van der Waals surface area contributed by atoms with Crippen LogP contribution < -0.4 is 16.0 Å². The van der Waals surface area contributed by atoms with Gasteiger partial charge in [-0.15, -0.1) is 0 Å². The van der Waals surface area contributed by atoms with E-state index in [-0.39, 0.29) is 62.9 Å². The number of hydrogen-bond donors (Lipinski definition) is 4. The highest BCUT2D eigenvalue weighted by Crippen LogP contribution is 2.36. The number of carbonyl (C=O) groups is 3. The molecule has 1 saturated heterocycles. The predicted octanol–water partition coefficient (Wildman–Crippen LogP) is 0.827. The molecule has 4 N–H and O–H groups in total. The van der Waals surface area contributed by atoms with Crippen LogP contribution in [0.3, 0.4) is 0 Å². The number of amides is 3. The summed E-state index contributed by atoms with van der Waals surface area (Å²) in [7, 11) is -5.21. The van der Waals surface area contributed by atoms with E-state index in [0.717, 1.165) is 0 Å². The maximum atomic E-state index is 13.3. The molecule has 11 nitrogen and oxygen atoms in total. The number of alkyl halides is 2. The molecule has 0 aromatic carbocycles. The Balaban J connectivity index is 2.01. The minimum atomic E-state index is -5.21. The molecule has 0 aromatic rings. The van der Waals surface area contributed by atoms with Crippen molar-refractivity contribution in [3.8, 4) is 0 Å². The van der Waals surface area contributed by atoms with Crippen LogP contribution in [0.5, 0.6) is 0 Å². The second-order valence-corrected chi connectivity index (χ2v) is 11.2. The number of nitrogens with one attached hydrogen (secondary N) is 3. The third-order valence-corrected chi connectivity index (χ3v) is 7.19. The third kappa shape index (κ3) is 9.49. The average Bonchev–Trinajstić information content (AvgIpc) is 3.14. The van der Waals surface area contributed by atoms with Crippen LogP contribution in [0.15, 0.2) is 0 Å². The van der Waals surface area contributed by atoms with Crippen LogP contribution in [-0.2, 0) is 24.4 Å². The smallest absolute Gasteiger partial charge is 0.407 e. The highest BCUT2D eigenvalue weighted by atomic mass is 32.2. The van der Waals surface area contributed by atoms with Crippen LogP contribution in [0.4, 0.5) is 13.6 Å². The average molecular weight is 527 g/mol. The second kappa shape index (κ2) is 12.3. The van der Waals surface area contributed by atoms with Gasteiger partial charge in [-0.25, -0.2) is 22.0 Å². The minimum Gasteiger partial charge on any atom is -0.746 e. The monoisotopic (exact) mass is 526 g/mol. The molecule has 35 heavy (non-hydrogen) atoms. The first-order chi connectivity index (χ1) is 16.2. The Hall–Kier alpha value is -2.06. The van der Waals surface area contributed by atoms with Crippen LogP contribution in [0, 0.1) is 17.8 Å². The van der Waals surface area contributed by atoms with Crippen LogP contribution in [0.25, 0.3) is 0 Å². The fraction of sp³-hybridized carbons (Fsp3) is 0.857. The van der Waals surface area contributed by atoms with Crippen molar-refractivity contribution in [2.75, 3.05) is 13.2 Å². The van der Waals surface area contributed by atoms with Gasteiger partial charge in [-0.1, -0.05) is 13.8 Å². The van der Waals surface area contributed by atoms with Gasteiger partial charge >= 0.3 is 6.09 Å². The molecule has 14 heteroatoms. The number of carbonyl (C=O) groups excluding carboxylic acids is 3. The Labute approximate surface area is 203 Å². The number of halogens is 2. The van der Waals surface area contributed by atoms with Crippen LogP contribution in [0.2, 0.25) is 0 Å². The van der Waals surface area contributed by atoms with E-state index in [2.05, 4.69) is 16.0 Å². The SMILES string of the molecule is CC(C)C[C@H](NC(=O)OCC1CCC(F)(F)CC1)C(=O)N[C@@H](C[C@@H]1CCNC1=O)[C@@H](O)S(=O)(=O)[O-]. The highest BCUT2D eigenvalue weighted by molar-refractivity contribution is 7.86. The molecule has 0 aromatic heterocycles. The van der Waals surface area contributed by atoms with Gasteiger partial charge in [-0.2, -0.15) is 0 Å².